The normalized spacial score (nSPS) is 15.6. The van der Waals surface area contributed by atoms with Crippen LogP contribution in [0.25, 0.3) is 72.1 Å². The van der Waals surface area contributed by atoms with Crippen molar-refractivity contribution in [3.8, 4) is 44.5 Å². The van der Waals surface area contributed by atoms with E-state index in [1.165, 1.54) is 50.1 Å². The molecule has 3 aliphatic rings. The zero-order valence-electron chi connectivity index (χ0n) is 34.7. The van der Waals surface area contributed by atoms with Gasteiger partial charge >= 0.3 is 0 Å². The number of nitrogens with zero attached hydrogens (tertiary/aromatic N) is 2. The Morgan fingerprint density at radius 2 is 0.891 bits per heavy atom. The predicted molar refractivity (Wildman–Crippen MR) is 264 cm³/mol. The lowest BCUT2D eigenvalue weighted by atomic mass is 9.70. The van der Waals surface area contributed by atoms with Crippen molar-refractivity contribution in [2.75, 3.05) is 0 Å². The van der Waals surface area contributed by atoms with Gasteiger partial charge in [0.1, 0.15) is 11.2 Å². The number of rotatable bonds is 5. The maximum atomic E-state index is 6.63. The van der Waals surface area contributed by atoms with Gasteiger partial charge in [-0.1, -0.05) is 194 Å². The SMILES string of the molecule is C1=C/C(c2ccccc2)=NC(c2cccc3oc4ccc(-c5ccc6c(c5)-c5ccccc5C65c6ccccc6-c6ccccc65)cc4c23)=N/C(c2ccc(-c3ccccc3)cc2)=C/1. The van der Waals surface area contributed by atoms with E-state index >= 15 is 0 Å². The first-order valence-corrected chi connectivity index (χ1v) is 21.9. The third kappa shape index (κ3) is 5.47. The number of benzene rings is 9. The Morgan fingerprint density at radius 3 is 1.59 bits per heavy atom. The maximum Gasteiger partial charge on any atom is 0.161 e. The molecule has 0 N–H and O–H groups in total. The second-order valence-corrected chi connectivity index (χ2v) is 16.8. The Bertz CT molecular complexity index is 3600. The molecule has 298 valence electrons. The van der Waals surface area contributed by atoms with E-state index in [-0.39, 0.29) is 5.41 Å². The highest BCUT2D eigenvalue weighted by atomic mass is 16.3. The average molecular weight is 815 g/mol. The lowest BCUT2D eigenvalue weighted by molar-refractivity contribution is 0.669. The molecule has 1 aromatic heterocycles. The summed E-state index contributed by atoms with van der Waals surface area (Å²) in [7, 11) is 0. The van der Waals surface area contributed by atoms with Crippen molar-refractivity contribution in [3.63, 3.8) is 0 Å². The van der Waals surface area contributed by atoms with Crippen LogP contribution >= 0.6 is 0 Å². The molecule has 9 aromatic carbocycles. The van der Waals surface area contributed by atoms with Crippen molar-refractivity contribution in [2.24, 2.45) is 9.98 Å². The van der Waals surface area contributed by atoms with E-state index in [2.05, 4.69) is 188 Å². The molecule has 0 fully saturated rings. The van der Waals surface area contributed by atoms with Crippen LogP contribution in [0.15, 0.2) is 245 Å². The zero-order chi connectivity index (χ0) is 42.2. The minimum absolute atomic E-state index is 0.374. The van der Waals surface area contributed by atoms with E-state index in [1.807, 2.05) is 42.5 Å². The number of aliphatic imine (C=N–C) groups is 2. The van der Waals surface area contributed by atoms with Gasteiger partial charge in [-0.3, -0.25) is 0 Å². The molecule has 0 saturated carbocycles. The monoisotopic (exact) mass is 814 g/mol. The van der Waals surface area contributed by atoms with Gasteiger partial charge in [-0.2, -0.15) is 0 Å². The Balaban J connectivity index is 0.963. The van der Waals surface area contributed by atoms with Crippen molar-refractivity contribution in [1.82, 2.24) is 0 Å². The average Bonchev–Trinajstić information content (AvgIpc) is 3.98. The van der Waals surface area contributed by atoms with Gasteiger partial charge < -0.3 is 4.42 Å². The highest BCUT2D eigenvalue weighted by Crippen LogP contribution is 2.63. The summed E-state index contributed by atoms with van der Waals surface area (Å²) >= 11 is 0. The smallest absolute Gasteiger partial charge is 0.161 e. The van der Waals surface area contributed by atoms with E-state index in [0.717, 1.165) is 66.7 Å². The largest absolute Gasteiger partial charge is 0.456 e. The van der Waals surface area contributed by atoms with Crippen molar-refractivity contribution >= 4 is 39.2 Å². The summed E-state index contributed by atoms with van der Waals surface area (Å²) in [6, 6.07) is 76.2. The van der Waals surface area contributed by atoms with Gasteiger partial charge in [-0.05, 0) is 103 Å². The molecule has 0 unspecified atom stereocenters. The molecular formula is C61H38N2O. The lowest BCUT2D eigenvalue weighted by Gasteiger charge is -2.30. The Kier molecular flexibility index (Phi) is 8.13. The lowest BCUT2D eigenvalue weighted by Crippen LogP contribution is -2.25. The van der Waals surface area contributed by atoms with Crippen molar-refractivity contribution in [2.45, 2.75) is 5.41 Å². The first-order valence-electron chi connectivity index (χ1n) is 21.9. The quantitative estimate of drug-likeness (QED) is 0.171. The van der Waals surface area contributed by atoms with Gasteiger partial charge in [0.15, 0.2) is 5.84 Å². The maximum absolute atomic E-state index is 6.63. The fourth-order valence-electron chi connectivity index (χ4n) is 10.5. The molecule has 0 amide bonds. The standard InChI is InChI=1S/C61H38N2O/c1-3-15-39(16-4-1)40-29-31-42(32-30-40)56-27-14-26-55(41-17-5-2-6-18-41)62-60(63-56)48-22-13-28-58-59(48)50-38-44(34-36-57(50)64-58)43-33-35-54-49(37-43)47-21-9-12-25-53(47)61(54)51-23-10-7-19-45(51)46-20-8-11-24-52(46)61/h1-38H/b26-14+,27-14?,55-26?,56-27+,62-55?,62-60?,63-56?,63-60?. The van der Waals surface area contributed by atoms with Crippen LogP contribution < -0.4 is 0 Å². The van der Waals surface area contributed by atoms with Gasteiger partial charge in [-0.25, -0.2) is 9.98 Å². The number of furan rings is 1. The number of hydrogen-bond donors (Lipinski definition) is 0. The van der Waals surface area contributed by atoms with Crippen LogP contribution in [0, 0.1) is 0 Å². The minimum atomic E-state index is -0.374. The summed E-state index contributed by atoms with van der Waals surface area (Å²) in [6.07, 6.45) is 6.21. The molecular weight excluding hydrogens is 777 g/mol. The van der Waals surface area contributed by atoms with Crippen molar-refractivity contribution in [3.05, 3.63) is 269 Å². The van der Waals surface area contributed by atoms with Crippen LogP contribution in [-0.4, -0.2) is 11.5 Å². The van der Waals surface area contributed by atoms with Gasteiger partial charge in [0.25, 0.3) is 0 Å². The first-order chi connectivity index (χ1) is 31.7. The van der Waals surface area contributed by atoms with Crippen LogP contribution in [0.2, 0.25) is 0 Å². The highest BCUT2D eigenvalue weighted by Gasteiger charge is 2.51. The van der Waals surface area contributed by atoms with Gasteiger partial charge in [-0.15, -0.1) is 0 Å². The van der Waals surface area contributed by atoms with Gasteiger partial charge in [0.2, 0.25) is 0 Å². The van der Waals surface area contributed by atoms with Crippen LogP contribution in [0.4, 0.5) is 0 Å². The molecule has 3 heteroatoms. The Hall–Kier alpha value is -8.40. The summed E-state index contributed by atoms with van der Waals surface area (Å²) in [5.41, 5.74) is 21.0. The summed E-state index contributed by atoms with van der Waals surface area (Å²) in [6.45, 7) is 0. The molecule has 10 aromatic rings. The number of allylic oxidation sites excluding steroid dienone is 3. The molecule has 13 rings (SSSR count). The molecule has 1 spiro atoms. The summed E-state index contributed by atoms with van der Waals surface area (Å²) in [5.74, 6) is 0.622. The predicted octanol–water partition coefficient (Wildman–Crippen LogP) is 15.1. The third-order valence-electron chi connectivity index (χ3n) is 13.4. The van der Waals surface area contributed by atoms with Crippen LogP contribution in [0.1, 0.15) is 38.9 Å². The van der Waals surface area contributed by atoms with Crippen LogP contribution in [-0.2, 0) is 5.41 Å². The van der Waals surface area contributed by atoms with E-state index in [9.17, 15) is 0 Å². The number of hydrogen-bond acceptors (Lipinski definition) is 3. The molecule has 0 saturated heterocycles. The van der Waals surface area contributed by atoms with Crippen molar-refractivity contribution < 1.29 is 4.42 Å². The van der Waals surface area contributed by atoms with E-state index in [0.29, 0.717) is 5.84 Å². The van der Waals surface area contributed by atoms with Crippen LogP contribution in [0.5, 0.6) is 0 Å². The molecule has 0 radical (unpaired) electrons. The zero-order valence-corrected chi connectivity index (χ0v) is 34.7. The molecule has 64 heavy (non-hydrogen) atoms. The van der Waals surface area contributed by atoms with E-state index < -0.39 is 0 Å². The first kappa shape index (κ1) is 36.3. The van der Waals surface area contributed by atoms with Gasteiger partial charge in [0.05, 0.1) is 16.8 Å². The Morgan fingerprint density at radius 1 is 0.359 bits per heavy atom. The van der Waals surface area contributed by atoms with Gasteiger partial charge in [0, 0.05) is 27.5 Å². The second-order valence-electron chi connectivity index (χ2n) is 16.8. The molecule has 2 aliphatic carbocycles. The molecule has 3 nitrogen and oxygen atoms in total. The van der Waals surface area contributed by atoms with E-state index in [4.69, 9.17) is 14.4 Å². The molecule has 1 aliphatic heterocycles. The minimum Gasteiger partial charge on any atom is -0.456 e. The third-order valence-corrected chi connectivity index (χ3v) is 13.4. The fraction of sp³-hybridized carbons (Fsp3) is 0.0164. The highest BCUT2D eigenvalue weighted by molar-refractivity contribution is 6.24. The fourth-order valence-corrected chi connectivity index (χ4v) is 10.5. The molecule has 0 atom stereocenters. The topological polar surface area (TPSA) is 37.9 Å². The number of fused-ring (bicyclic) bond motifs is 13. The molecule has 2 heterocycles. The Labute approximate surface area is 371 Å². The summed E-state index contributed by atoms with van der Waals surface area (Å²) in [5, 5.41) is 2.01. The van der Waals surface area contributed by atoms with Crippen molar-refractivity contribution in [1.29, 1.82) is 0 Å². The summed E-state index contributed by atoms with van der Waals surface area (Å²) in [4.78, 5) is 10.8. The number of amidine groups is 1. The summed E-state index contributed by atoms with van der Waals surface area (Å²) < 4.78 is 6.63. The van der Waals surface area contributed by atoms with E-state index in [1.54, 1.807) is 0 Å². The van der Waals surface area contributed by atoms with Crippen LogP contribution in [0.3, 0.4) is 0 Å². The second kappa shape index (κ2) is 14.3. The molecule has 0 bridgehead atoms.